The number of benzene rings is 1. The van der Waals surface area contributed by atoms with E-state index in [0.717, 1.165) is 31.9 Å². The predicted octanol–water partition coefficient (Wildman–Crippen LogP) is 3.25. The molecule has 9 heteroatoms. The van der Waals surface area contributed by atoms with Crippen LogP contribution in [0.3, 0.4) is 0 Å². The minimum Gasteiger partial charge on any atom is -0.410 e. The quantitative estimate of drug-likeness (QED) is 0.652. The molecule has 0 spiro atoms. The fraction of sp³-hybridized carbons (Fsp3) is 0.429. The van der Waals surface area contributed by atoms with Crippen molar-refractivity contribution in [1.29, 1.82) is 5.41 Å². The lowest BCUT2D eigenvalue weighted by Gasteiger charge is -2.37. The maximum atomic E-state index is 13.0. The monoisotopic (exact) mass is 413 g/mol. The molecule has 1 aromatic carbocycles. The van der Waals surface area contributed by atoms with Gasteiger partial charge in [-0.2, -0.15) is 0 Å². The van der Waals surface area contributed by atoms with Gasteiger partial charge in [-0.25, -0.2) is 14.2 Å². The Labute approximate surface area is 173 Å². The Morgan fingerprint density at radius 2 is 1.93 bits per heavy atom. The number of carbonyl (C=O) groups excluding carboxylic acids is 1. The second-order valence-corrected chi connectivity index (χ2v) is 7.76. The minimum absolute atomic E-state index is 0.120. The highest BCUT2D eigenvalue weighted by Crippen LogP contribution is 2.27. The minimum atomic E-state index is -0.531. The molecular weight excluding hydrogens is 389 g/mol. The van der Waals surface area contributed by atoms with Crippen molar-refractivity contribution < 1.29 is 13.9 Å². The molecule has 1 aliphatic heterocycles. The largest absolute Gasteiger partial charge is 0.415 e. The average molecular weight is 413 g/mol. The first kappa shape index (κ1) is 20.1. The van der Waals surface area contributed by atoms with Crippen LogP contribution in [0.15, 0.2) is 29.1 Å². The maximum Gasteiger partial charge on any atom is 0.415 e. The van der Waals surface area contributed by atoms with Gasteiger partial charge in [-0.3, -0.25) is 4.79 Å². The van der Waals surface area contributed by atoms with Gasteiger partial charge in [0.1, 0.15) is 23.2 Å². The van der Waals surface area contributed by atoms with Crippen LogP contribution in [0.25, 0.3) is 0 Å². The summed E-state index contributed by atoms with van der Waals surface area (Å²) < 4.78 is 18.2. The highest BCUT2D eigenvalue weighted by molar-refractivity contribution is 5.83. The molecule has 0 bridgehead atoms. The van der Waals surface area contributed by atoms with Gasteiger partial charge in [-0.1, -0.05) is 19.3 Å². The van der Waals surface area contributed by atoms with E-state index in [9.17, 15) is 14.0 Å². The van der Waals surface area contributed by atoms with E-state index in [-0.39, 0.29) is 28.8 Å². The molecule has 1 aliphatic carbocycles. The molecule has 0 unspecified atom stereocenters. The second-order valence-electron chi connectivity index (χ2n) is 7.76. The first-order valence-corrected chi connectivity index (χ1v) is 10.2. The van der Waals surface area contributed by atoms with Gasteiger partial charge >= 0.3 is 6.09 Å². The van der Waals surface area contributed by atoms with Gasteiger partial charge in [-0.15, -0.1) is 0 Å². The van der Waals surface area contributed by atoms with Gasteiger partial charge in [0.15, 0.2) is 0 Å². The SMILES string of the molecule is N=Cc1c(NC2CCCCC2)nc(C2CN(C(=O)Oc3ccc(F)cc3)C2)[nH]c1=O. The molecule has 3 N–H and O–H groups in total. The molecule has 1 saturated carbocycles. The number of nitrogens with one attached hydrogen (secondary N) is 3. The maximum absolute atomic E-state index is 13.0. The van der Waals surface area contributed by atoms with Crippen molar-refractivity contribution in [2.75, 3.05) is 18.4 Å². The van der Waals surface area contributed by atoms with Crippen molar-refractivity contribution in [2.45, 2.75) is 44.1 Å². The third kappa shape index (κ3) is 4.34. The van der Waals surface area contributed by atoms with Crippen LogP contribution in [0.2, 0.25) is 0 Å². The zero-order valence-corrected chi connectivity index (χ0v) is 16.5. The molecule has 1 amide bonds. The van der Waals surface area contributed by atoms with E-state index in [4.69, 9.17) is 10.1 Å². The van der Waals surface area contributed by atoms with Gasteiger partial charge in [0.2, 0.25) is 0 Å². The normalized spacial score (nSPS) is 17.3. The van der Waals surface area contributed by atoms with E-state index in [1.807, 2.05) is 0 Å². The molecule has 4 rings (SSSR count). The van der Waals surface area contributed by atoms with E-state index in [1.54, 1.807) is 0 Å². The average Bonchev–Trinajstić information content (AvgIpc) is 2.69. The van der Waals surface area contributed by atoms with E-state index >= 15 is 0 Å². The van der Waals surface area contributed by atoms with Crippen molar-refractivity contribution in [3.63, 3.8) is 0 Å². The Morgan fingerprint density at radius 3 is 2.60 bits per heavy atom. The van der Waals surface area contributed by atoms with Gasteiger partial charge < -0.3 is 25.3 Å². The fourth-order valence-electron chi connectivity index (χ4n) is 3.85. The summed E-state index contributed by atoms with van der Waals surface area (Å²) in [4.78, 5) is 33.5. The number of carbonyl (C=O) groups is 1. The molecule has 2 aliphatic rings. The Hall–Kier alpha value is -3.23. The summed E-state index contributed by atoms with van der Waals surface area (Å²) in [5.41, 5.74) is -0.142. The summed E-state index contributed by atoms with van der Waals surface area (Å²) in [5, 5.41) is 10.9. The third-order valence-electron chi connectivity index (χ3n) is 5.61. The summed E-state index contributed by atoms with van der Waals surface area (Å²) in [6.45, 7) is 0.714. The number of halogens is 1. The van der Waals surface area contributed by atoms with Crippen LogP contribution in [0.4, 0.5) is 15.0 Å². The van der Waals surface area contributed by atoms with Gasteiger partial charge in [-0.05, 0) is 37.1 Å². The number of hydrogen-bond donors (Lipinski definition) is 3. The number of likely N-dealkylation sites (tertiary alicyclic amines) is 1. The highest BCUT2D eigenvalue weighted by Gasteiger charge is 2.35. The summed E-state index contributed by atoms with van der Waals surface area (Å²) in [5.74, 6) is 0.674. The second kappa shape index (κ2) is 8.64. The van der Waals surface area contributed by atoms with Crippen LogP contribution in [0.1, 0.15) is 49.4 Å². The Kier molecular flexibility index (Phi) is 5.78. The topological polar surface area (TPSA) is 111 Å². The number of ether oxygens (including phenoxy) is 1. The Bertz CT molecular complexity index is 979. The summed E-state index contributed by atoms with van der Waals surface area (Å²) in [6.07, 6.45) is 6.03. The number of H-pyrrole nitrogens is 1. The number of hydrogen-bond acceptors (Lipinski definition) is 6. The molecule has 2 aromatic rings. The van der Waals surface area contributed by atoms with Crippen molar-refractivity contribution in [3.05, 3.63) is 51.8 Å². The number of nitrogens with zero attached hydrogens (tertiary/aromatic N) is 2. The van der Waals surface area contributed by atoms with Crippen molar-refractivity contribution in [2.24, 2.45) is 0 Å². The van der Waals surface area contributed by atoms with Gasteiger partial charge in [0.25, 0.3) is 5.56 Å². The van der Waals surface area contributed by atoms with Crippen molar-refractivity contribution in [1.82, 2.24) is 14.9 Å². The highest BCUT2D eigenvalue weighted by atomic mass is 19.1. The van der Waals surface area contributed by atoms with Crippen LogP contribution in [0, 0.1) is 11.2 Å². The molecule has 1 saturated heterocycles. The smallest absolute Gasteiger partial charge is 0.410 e. The molecule has 2 fully saturated rings. The van der Waals surface area contributed by atoms with Crippen LogP contribution in [-0.4, -0.2) is 46.3 Å². The lowest BCUT2D eigenvalue weighted by atomic mass is 9.95. The number of aromatic amines is 1. The van der Waals surface area contributed by atoms with Crippen LogP contribution < -0.4 is 15.6 Å². The van der Waals surface area contributed by atoms with Crippen LogP contribution >= 0.6 is 0 Å². The summed E-state index contributed by atoms with van der Waals surface area (Å²) >= 11 is 0. The molecule has 0 radical (unpaired) electrons. The van der Waals surface area contributed by atoms with Gasteiger partial charge in [0.05, 0.1) is 11.5 Å². The molecule has 30 heavy (non-hydrogen) atoms. The fourth-order valence-corrected chi connectivity index (χ4v) is 3.85. The zero-order chi connectivity index (χ0) is 21.1. The van der Waals surface area contributed by atoms with Gasteiger partial charge in [0, 0.05) is 25.3 Å². The Balaban J connectivity index is 1.42. The van der Waals surface area contributed by atoms with Crippen molar-refractivity contribution in [3.8, 4) is 5.75 Å². The molecular formula is C21H24FN5O3. The molecule has 8 nitrogen and oxygen atoms in total. The number of amides is 1. The number of anilines is 1. The van der Waals surface area contributed by atoms with E-state index in [1.165, 1.54) is 35.6 Å². The standard InChI is InChI=1S/C21H24FN5O3/c22-14-6-8-16(9-7-14)30-21(29)27-11-13(12-27)18-25-19(17(10-23)20(28)26-18)24-15-4-2-1-3-5-15/h6-10,13,15,23H,1-5,11-12H2,(H2,24,25,26,28). The lowest BCUT2D eigenvalue weighted by Crippen LogP contribution is -2.50. The van der Waals surface area contributed by atoms with E-state index in [0.29, 0.717) is 24.7 Å². The first-order valence-electron chi connectivity index (χ1n) is 10.2. The van der Waals surface area contributed by atoms with Crippen LogP contribution in [0.5, 0.6) is 5.75 Å². The van der Waals surface area contributed by atoms with E-state index < -0.39 is 11.9 Å². The van der Waals surface area contributed by atoms with Crippen molar-refractivity contribution >= 4 is 18.1 Å². The van der Waals surface area contributed by atoms with E-state index in [2.05, 4.69) is 15.3 Å². The summed E-state index contributed by atoms with van der Waals surface area (Å²) in [7, 11) is 0. The molecule has 1 aromatic heterocycles. The number of aromatic nitrogens is 2. The summed E-state index contributed by atoms with van der Waals surface area (Å²) in [6, 6.07) is 5.48. The third-order valence-corrected chi connectivity index (χ3v) is 5.61. The van der Waals surface area contributed by atoms with Crippen LogP contribution in [-0.2, 0) is 0 Å². The molecule has 2 heterocycles. The zero-order valence-electron chi connectivity index (χ0n) is 16.5. The predicted molar refractivity (Wildman–Crippen MR) is 110 cm³/mol. The number of rotatable bonds is 5. The first-order chi connectivity index (χ1) is 14.5. The molecule has 158 valence electrons. The molecule has 0 atom stereocenters. The lowest BCUT2D eigenvalue weighted by molar-refractivity contribution is 0.109. The Morgan fingerprint density at radius 1 is 1.23 bits per heavy atom.